The maximum atomic E-state index is 13.0. The molecule has 0 spiro atoms. The first-order chi connectivity index (χ1) is 9.11. The monoisotopic (exact) mass is 263 g/mol. The average Bonchev–Trinajstić information content (AvgIpc) is 2.42. The van der Waals surface area contributed by atoms with Crippen LogP contribution in [0.2, 0.25) is 0 Å². The Morgan fingerprint density at radius 2 is 1.84 bits per heavy atom. The van der Waals surface area contributed by atoms with Crippen molar-refractivity contribution in [2.24, 2.45) is 0 Å². The zero-order valence-corrected chi connectivity index (χ0v) is 9.86. The summed E-state index contributed by atoms with van der Waals surface area (Å²) >= 11 is 0. The normalized spacial score (nSPS) is 10.3. The Morgan fingerprint density at radius 3 is 2.53 bits per heavy atom. The molecule has 19 heavy (non-hydrogen) atoms. The van der Waals surface area contributed by atoms with Crippen molar-refractivity contribution in [3.63, 3.8) is 0 Å². The van der Waals surface area contributed by atoms with Crippen LogP contribution in [0.25, 0.3) is 0 Å². The van der Waals surface area contributed by atoms with Crippen molar-refractivity contribution >= 4 is 11.6 Å². The number of amides is 1. The highest BCUT2D eigenvalue weighted by Crippen LogP contribution is 2.17. The summed E-state index contributed by atoms with van der Waals surface area (Å²) in [4.78, 5) is 11.9. The van der Waals surface area contributed by atoms with Gasteiger partial charge in [0.1, 0.15) is 0 Å². The second-order valence-electron chi connectivity index (χ2n) is 3.90. The lowest BCUT2D eigenvalue weighted by molar-refractivity contribution is 0.102. The fourth-order valence-corrected chi connectivity index (χ4v) is 1.61. The number of aliphatic hydroxyl groups excluding tert-OH is 1. The highest BCUT2D eigenvalue weighted by Gasteiger charge is 2.11. The number of halogens is 2. The van der Waals surface area contributed by atoms with Gasteiger partial charge in [-0.25, -0.2) is 8.78 Å². The van der Waals surface area contributed by atoms with Gasteiger partial charge >= 0.3 is 0 Å². The number of carbonyl (C=O) groups excluding carboxylic acids is 1. The van der Waals surface area contributed by atoms with Gasteiger partial charge in [0.25, 0.3) is 5.91 Å². The molecule has 0 aliphatic carbocycles. The lowest BCUT2D eigenvalue weighted by atomic mass is 10.1. The van der Waals surface area contributed by atoms with Crippen LogP contribution in [-0.2, 0) is 6.61 Å². The second-order valence-corrected chi connectivity index (χ2v) is 3.90. The van der Waals surface area contributed by atoms with Crippen molar-refractivity contribution in [3.8, 4) is 0 Å². The molecule has 2 rings (SSSR count). The number of nitrogens with one attached hydrogen (secondary N) is 1. The first kappa shape index (κ1) is 13.2. The third kappa shape index (κ3) is 2.95. The van der Waals surface area contributed by atoms with Gasteiger partial charge in [-0.15, -0.1) is 0 Å². The van der Waals surface area contributed by atoms with Gasteiger partial charge in [-0.2, -0.15) is 0 Å². The molecule has 0 heterocycles. The molecule has 0 fully saturated rings. The molecule has 0 atom stereocenters. The molecule has 0 radical (unpaired) electrons. The summed E-state index contributed by atoms with van der Waals surface area (Å²) in [5.41, 5.74) is 0.977. The molecule has 0 unspecified atom stereocenters. The van der Waals surface area contributed by atoms with Crippen LogP contribution in [0.1, 0.15) is 15.9 Å². The molecule has 0 aliphatic heterocycles. The van der Waals surface area contributed by atoms with E-state index in [4.69, 9.17) is 5.11 Å². The first-order valence-corrected chi connectivity index (χ1v) is 5.57. The van der Waals surface area contributed by atoms with E-state index < -0.39 is 17.5 Å². The van der Waals surface area contributed by atoms with E-state index in [-0.39, 0.29) is 12.2 Å². The molecular formula is C14H11F2NO2. The minimum atomic E-state index is -1.08. The van der Waals surface area contributed by atoms with Crippen molar-refractivity contribution in [2.45, 2.75) is 6.61 Å². The molecule has 1 amide bonds. The van der Waals surface area contributed by atoms with Crippen LogP contribution in [-0.4, -0.2) is 11.0 Å². The number of benzene rings is 2. The standard InChI is InChI=1S/C14H11F2NO2/c15-11-6-5-9(7-12(11)16)14(19)17-13-4-2-1-3-10(13)8-18/h1-7,18H,8H2,(H,17,19). The molecule has 0 aliphatic rings. The predicted octanol–water partition coefficient (Wildman–Crippen LogP) is 2.71. The SMILES string of the molecule is O=C(Nc1ccccc1CO)c1ccc(F)c(F)c1. The smallest absolute Gasteiger partial charge is 0.255 e. The summed E-state index contributed by atoms with van der Waals surface area (Å²) < 4.78 is 25.8. The third-order valence-electron chi connectivity index (χ3n) is 2.62. The Morgan fingerprint density at radius 1 is 1.11 bits per heavy atom. The summed E-state index contributed by atoms with van der Waals surface area (Å²) in [7, 11) is 0. The summed E-state index contributed by atoms with van der Waals surface area (Å²) in [6.07, 6.45) is 0. The summed E-state index contributed by atoms with van der Waals surface area (Å²) in [6, 6.07) is 9.59. The van der Waals surface area contributed by atoms with E-state index in [1.165, 1.54) is 6.07 Å². The summed E-state index contributed by atoms with van der Waals surface area (Å²) in [5.74, 6) is -2.66. The molecular weight excluding hydrogens is 252 g/mol. The molecule has 0 saturated carbocycles. The zero-order valence-electron chi connectivity index (χ0n) is 9.86. The van der Waals surface area contributed by atoms with Crippen molar-refractivity contribution in [2.75, 3.05) is 5.32 Å². The third-order valence-corrected chi connectivity index (χ3v) is 2.62. The van der Waals surface area contributed by atoms with E-state index in [1.807, 2.05) is 0 Å². The number of anilines is 1. The highest BCUT2D eigenvalue weighted by atomic mass is 19.2. The van der Waals surface area contributed by atoms with Gasteiger partial charge in [-0.05, 0) is 24.3 Å². The molecule has 5 heteroatoms. The number of hydrogen-bond acceptors (Lipinski definition) is 2. The Kier molecular flexibility index (Phi) is 3.87. The van der Waals surface area contributed by atoms with Gasteiger partial charge in [-0.3, -0.25) is 4.79 Å². The predicted molar refractivity (Wildman–Crippen MR) is 66.7 cm³/mol. The minimum absolute atomic E-state index is 0.00615. The quantitative estimate of drug-likeness (QED) is 0.894. The van der Waals surface area contributed by atoms with Crippen molar-refractivity contribution in [3.05, 3.63) is 65.2 Å². The lowest BCUT2D eigenvalue weighted by Crippen LogP contribution is -2.13. The van der Waals surface area contributed by atoms with Crippen molar-refractivity contribution in [1.82, 2.24) is 0 Å². The first-order valence-electron chi connectivity index (χ1n) is 5.57. The van der Waals surface area contributed by atoms with Crippen LogP contribution in [0.5, 0.6) is 0 Å². The molecule has 0 bridgehead atoms. The molecule has 0 saturated heterocycles. The van der Waals surface area contributed by atoms with E-state index in [0.717, 1.165) is 12.1 Å². The van der Waals surface area contributed by atoms with E-state index in [0.29, 0.717) is 11.3 Å². The van der Waals surface area contributed by atoms with Crippen LogP contribution in [0.4, 0.5) is 14.5 Å². The molecule has 0 aromatic heterocycles. The molecule has 2 aromatic carbocycles. The van der Waals surface area contributed by atoms with Crippen molar-refractivity contribution in [1.29, 1.82) is 0 Å². The number of rotatable bonds is 3. The number of hydrogen-bond donors (Lipinski definition) is 2. The van der Waals surface area contributed by atoms with Crippen LogP contribution < -0.4 is 5.32 Å². The zero-order chi connectivity index (χ0) is 13.8. The Bertz CT molecular complexity index is 614. The lowest BCUT2D eigenvalue weighted by Gasteiger charge is -2.09. The molecule has 3 nitrogen and oxygen atoms in total. The Hall–Kier alpha value is -2.27. The van der Waals surface area contributed by atoms with Gasteiger partial charge in [0, 0.05) is 16.8 Å². The fourth-order valence-electron chi connectivity index (χ4n) is 1.61. The Balaban J connectivity index is 2.23. The summed E-state index contributed by atoms with van der Waals surface area (Å²) in [5, 5.41) is 11.7. The van der Waals surface area contributed by atoms with Crippen LogP contribution in [0.15, 0.2) is 42.5 Å². The second kappa shape index (κ2) is 5.58. The maximum Gasteiger partial charge on any atom is 0.255 e. The van der Waals surface area contributed by atoms with Gasteiger partial charge in [0.15, 0.2) is 11.6 Å². The van der Waals surface area contributed by atoms with E-state index in [1.54, 1.807) is 24.3 Å². The number of para-hydroxylation sites is 1. The molecule has 98 valence electrons. The molecule has 2 aromatic rings. The topological polar surface area (TPSA) is 49.3 Å². The molecule has 2 N–H and O–H groups in total. The summed E-state index contributed by atoms with van der Waals surface area (Å²) in [6.45, 7) is -0.228. The average molecular weight is 263 g/mol. The van der Waals surface area contributed by atoms with Crippen molar-refractivity contribution < 1.29 is 18.7 Å². The Labute approximate surface area is 108 Å². The van der Waals surface area contributed by atoms with Gasteiger partial charge in [0.2, 0.25) is 0 Å². The van der Waals surface area contributed by atoms with Crippen LogP contribution in [0.3, 0.4) is 0 Å². The fraction of sp³-hybridized carbons (Fsp3) is 0.0714. The maximum absolute atomic E-state index is 13.0. The van der Waals surface area contributed by atoms with Gasteiger partial charge in [-0.1, -0.05) is 18.2 Å². The number of aliphatic hydroxyl groups is 1. The van der Waals surface area contributed by atoms with Crippen LogP contribution in [0, 0.1) is 11.6 Å². The number of carbonyl (C=O) groups is 1. The van der Waals surface area contributed by atoms with E-state index >= 15 is 0 Å². The van der Waals surface area contributed by atoms with E-state index in [9.17, 15) is 13.6 Å². The van der Waals surface area contributed by atoms with Gasteiger partial charge < -0.3 is 10.4 Å². The largest absolute Gasteiger partial charge is 0.392 e. The van der Waals surface area contributed by atoms with E-state index in [2.05, 4.69) is 5.32 Å². The highest BCUT2D eigenvalue weighted by molar-refractivity contribution is 6.04. The van der Waals surface area contributed by atoms with Gasteiger partial charge in [0.05, 0.1) is 6.61 Å². The minimum Gasteiger partial charge on any atom is -0.392 e. The van der Waals surface area contributed by atoms with Crippen LogP contribution >= 0.6 is 0 Å².